The van der Waals surface area contributed by atoms with Crippen molar-refractivity contribution in [3.8, 4) is 0 Å². The zero-order valence-corrected chi connectivity index (χ0v) is 12.1. The molecule has 1 aliphatic carbocycles. The molecule has 5 heteroatoms. The number of aryl methyl sites for hydroxylation is 2. The minimum Gasteiger partial charge on any atom is -0.396 e. The number of aliphatic hydroxyl groups is 1. The second-order valence-corrected chi connectivity index (χ2v) is 5.40. The van der Waals surface area contributed by atoms with Gasteiger partial charge < -0.3 is 15.7 Å². The van der Waals surface area contributed by atoms with Gasteiger partial charge in [-0.3, -0.25) is 0 Å². The zero-order chi connectivity index (χ0) is 13.8. The van der Waals surface area contributed by atoms with E-state index in [1.165, 1.54) is 19.3 Å². The number of anilines is 2. The fraction of sp³-hybridized carbons (Fsp3) is 0.786. The minimum atomic E-state index is 0.226. The van der Waals surface area contributed by atoms with E-state index in [-0.39, 0.29) is 6.61 Å². The Hall–Kier alpha value is -1.23. The summed E-state index contributed by atoms with van der Waals surface area (Å²) in [5.74, 6) is 1.07. The third-order valence-electron chi connectivity index (χ3n) is 3.93. The number of aliphatic hydroxyl groups excluding tert-OH is 1. The highest BCUT2D eigenvalue weighted by Gasteiger charge is 2.29. The van der Waals surface area contributed by atoms with Gasteiger partial charge in [-0.25, -0.2) is 4.68 Å². The van der Waals surface area contributed by atoms with Crippen LogP contribution in [0.2, 0.25) is 0 Å². The van der Waals surface area contributed by atoms with Gasteiger partial charge in [-0.15, -0.1) is 0 Å². The standard InChI is InChI=1S/C14H26N4O/c1-3-8-18-14(13(15)11(2)16-18)17(9-5-10-19)12-6-4-7-12/h12,19H,3-10,15H2,1-2H3. The van der Waals surface area contributed by atoms with Gasteiger partial charge >= 0.3 is 0 Å². The molecule has 1 saturated carbocycles. The van der Waals surface area contributed by atoms with Gasteiger partial charge in [0.05, 0.1) is 11.4 Å². The fourth-order valence-electron chi connectivity index (χ4n) is 2.65. The number of nitrogens with zero attached hydrogens (tertiary/aromatic N) is 3. The van der Waals surface area contributed by atoms with Gasteiger partial charge in [0.15, 0.2) is 5.82 Å². The molecule has 1 fully saturated rings. The quantitative estimate of drug-likeness (QED) is 0.791. The van der Waals surface area contributed by atoms with Gasteiger partial charge in [0.25, 0.3) is 0 Å². The first kappa shape index (κ1) is 14.2. The van der Waals surface area contributed by atoms with Gasteiger partial charge in [-0.1, -0.05) is 6.92 Å². The largest absolute Gasteiger partial charge is 0.396 e. The van der Waals surface area contributed by atoms with Crippen LogP contribution < -0.4 is 10.6 Å². The van der Waals surface area contributed by atoms with Crippen LogP contribution in [0.3, 0.4) is 0 Å². The minimum absolute atomic E-state index is 0.226. The van der Waals surface area contributed by atoms with E-state index in [0.29, 0.717) is 6.04 Å². The molecule has 0 bridgehead atoms. The summed E-state index contributed by atoms with van der Waals surface area (Å²) in [5, 5.41) is 13.7. The lowest BCUT2D eigenvalue weighted by atomic mass is 9.91. The van der Waals surface area contributed by atoms with Crippen molar-refractivity contribution in [2.24, 2.45) is 0 Å². The van der Waals surface area contributed by atoms with Crippen LogP contribution >= 0.6 is 0 Å². The second-order valence-electron chi connectivity index (χ2n) is 5.40. The number of hydrogen-bond donors (Lipinski definition) is 2. The maximum Gasteiger partial charge on any atom is 0.150 e. The van der Waals surface area contributed by atoms with Crippen LogP contribution in [-0.4, -0.2) is 34.1 Å². The summed E-state index contributed by atoms with van der Waals surface area (Å²) >= 11 is 0. The summed E-state index contributed by atoms with van der Waals surface area (Å²) in [6.07, 6.45) is 5.57. The van der Waals surface area contributed by atoms with E-state index in [0.717, 1.165) is 43.1 Å². The van der Waals surface area contributed by atoms with E-state index in [1.54, 1.807) is 0 Å². The lowest BCUT2D eigenvalue weighted by molar-refractivity contribution is 0.282. The van der Waals surface area contributed by atoms with Crippen molar-refractivity contribution in [3.05, 3.63) is 5.69 Å². The molecule has 0 saturated heterocycles. The fourth-order valence-corrected chi connectivity index (χ4v) is 2.65. The van der Waals surface area contributed by atoms with Crippen LogP contribution in [-0.2, 0) is 6.54 Å². The average molecular weight is 266 g/mol. The molecular weight excluding hydrogens is 240 g/mol. The van der Waals surface area contributed by atoms with Crippen LogP contribution in [0.4, 0.5) is 11.5 Å². The molecule has 0 atom stereocenters. The average Bonchev–Trinajstić information content (AvgIpc) is 2.59. The van der Waals surface area contributed by atoms with Crippen molar-refractivity contribution < 1.29 is 5.11 Å². The summed E-state index contributed by atoms with van der Waals surface area (Å²) in [4.78, 5) is 2.37. The van der Waals surface area contributed by atoms with Crippen molar-refractivity contribution in [2.45, 2.75) is 58.5 Å². The normalized spacial score (nSPS) is 15.5. The third kappa shape index (κ3) is 2.86. The van der Waals surface area contributed by atoms with Crippen LogP contribution in [0.1, 0.15) is 44.7 Å². The predicted octanol–water partition coefficient (Wildman–Crippen LogP) is 1.93. The van der Waals surface area contributed by atoms with Crippen molar-refractivity contribution >= 4 is 11.5 Å². The van der Waals surface area contributed by atoms with Crippen LogP contribution in [0.25, 0.3) is 0 Å². The Kier molecular flexibility index (Phi) is 4.69. The second kappa shape index (κ2) is 6.28. The molecular formula is C14H26N4O. The van der Waals surface area contributed by atoms with Crippen molar-refractivity contribution in [1.29, 1.82) is 0 Å². The maximum atomic E-state index is 9.10. The highest BCUT2D eigenvalue weighted by Crippen LogP contribution is 2.34. The van der Waals surface area contributed by atoms with E-state index in [4.69, 9.17) is 10.8 Å². The van der Waals surface area contributed by atoms with E-state index in [9.17, 15) is 0 Å². The first-order chi connectivity index (χ1) is 9.19. The highest BCUT2D eigenvalue weighted by atomic mass is 16.3. The first-order valence-corrected chi connectivity index (χ1v) is 7.39. The van der Waals surface area contributed by atoms with E-state index >= 15 is 0 Å². The van der Waals surface area contributed by atoms with Crippen molar-refractivity contribution in [1.82, 2.24) is 9.78 Å². The molecule has 108 valence electrons. The van der Waals surface area contributed by atoms with Crippen LogP contribution in [0.15, 0.2) is 0 Å². The van der Waals surface area contributed by atoms with Gasteiger partial charge in [0, 0.05) is 25.7 Å². The summed E-state index contributed by atoms with van der Waals surface area (Å²) in [5.41, 5.74) is 7.95. The third-order valence-corrected chi connectivity index (χ3v) is 3.93. The summed E-state index contributed by atoms with van der Waals surface area (Å²) < 4.78 is 2.04. The molecule has 0 radical (unpaired) electrons. The van der Waals surface area contributed by atoms with Gasteiger partial charge in [-0.2, -0.15) is 5.10 Å². The smallest absolute Gasteiger partial charge is 0.150 e. The number of rotatable bonds is 7. The zero-order valence-electron chi connectivity index (χ0n) is 12.1. The Morgan fingerprint density at radius 2 is 2.21 bits per heavy atom. The van der Waals surface area contributed by atoms with E-state index in [1.807, 2.05) is 11.6 Å². The Labute approximate surface area is 115 Å². The monoisotopic (exact) mass is 266 g/mol. The SMILES string of the molecule is CCCn1nc(C)c(N)c1N(CCCO)C1CCC1. The highest BCUT2D eigenvalue weighted by molar-refractivity contribution is 5.66. The molecule has 0 amide bonds. The molecule has 0 aliphatic heterocycles. The van der Waals surface area contributed by atoms with Crippen molar-refractivity contribution in [3.63, 3.8) is 0 Å². The Bertz CT molecular complexity index is 412. The molecule has 0 unspecified atom stereocenters. The molecule has 1 aliphatic rings. The Morgan fingerprint density at radius 1 is 1.47 bits per heavy atom. The molecule has 19 heavy (non-hydrogen) atoms. The Morgan fingerprint density at radius 3 is 2.74 bits per heavy atom. The molecule has 5 nitrogen and oxygen atoms in total. The first-order valence-electron chi connectivity index (χ1n) is 7.39. The van der Waals surface area contributed by atoms with E-state index in [2.05, 4.69) is 16.9 Å². The number of hydrogen-bond acceptors (Lipinski definition) is 4. The lowest BCUT2D eigenvalue weighted by Crippen LogP contribution is -2.42. The van der Waals surface area contributed by atoms with Crippen molar-refractivity contribution in [2.75, 3.05) is 23.8 Å². The lowest BCUT2D eigenvalue weighted by Gasteiger charge is -2.39. The Balaban J connectivity index is 2.27. The van der Waals surface area contributed by atoms with Gasteiger partial charge in [-0.05, 0) is 39.0 Å². The molecule has 1 aromatic rings. The molecule has 2 rings (SSSR count). The molecule has 1 heterocycles. The van der Waals surface area contributed by atoms with Gasteiger partial charge in [0.2, 0.25) is 0 Å². The maximum absolute atomic E-state index is 9.10. The molecule has 0 spiro atoms. The summed E-state index contributed by atoms with van der Waals surface area (Å²) in [7, 11) is 0. The number of nitrogens with two attached hydrogens (primary N) is 1. The van der Waals surface area contributed by atoms with Crippen LogP contribution in [0, 0.1) is 6.92 Å². The number of nitrogen functional groups attached to an aromatic ring is 1. The molecule has 0 aromatic carbocycles. The molecule has 3 N–H and O–H groups in total. The summed E-state index contributed by atoms with van der Waals surface area (Å²) in [6.45, 7) is 6.11. The van der Waals surface area contributed by atoms with Crippen LogP contribution in [0.5, 0.6) is 0 Å². The van der Waals surface area contributed by atoms with E-state index < -0.39 is 0 Å². The predicted molar refractivity (Wildman–Crippen MR) is 78.4 cm³/mol. The summed E-state index contributed by atoms with van der Waals surface area (Å²) in [6, 6.07) is 0.570. The molecule has 1 aromatic heterocycles. The topological polar surface area (TPSA) is 67.3 Å². The number of aromatic nitrogens is 2. The van der Waals surface area contributed by atoms with Gasteiger partial charge in [0.1, 0.15) is 0 Å².